The number of pyridine rings is 1. The molecule has 0 saturated carbocycles. The second-order valence-electron chi connectivity index (χ2n) is 4.09. The van der Waals surface area contributed by atoms with E-state index in [4.69, 9.17) is 10.5 Å². The van der Waals surface area contributed by atoms with Crippen LogP contribution in [0, 0.1) is 0 Å². The van der Waals surface area contributed by atoms with Crippen molar-refractivity contribution in [1.29, 1.82) is 0 Å². The normalized spacial score (nSPS) is 10.7. The lowest BCUT2D eigenvalue weighted by molar-refractivity contribution is 0.410. The third kappa shape index (κ3) is 2.56. The Labute approximate surface area is 102 Å². The Hall–Kier alpha value is -1.61. The molecule has 2 rings (SSSR count). The fourth-order valence-corrected chi connectivity index (χ4v) is 2.11. The highest BCUT2D eigenvalue weighted by Crippen LogP contribution is 2.28. The van der Waals surface area contributed by atoms with E-state index >= 15 is 0 Å². The summed E-state index contributed by atoms with van der Waals surface area (Å²) in [5, 5.41) is 2.40. The number of unbranched alkanes of at least 4 members (excludes halogenated alkanes) is 1. The van der Waals surface area contributed by atoms with Crippen molar-refractivity contribution in [3.8, 4) is 5.75 Å². The van der Waals surface area contributed by atoms with Gasteiger partial charge in [-0.15, -0.1) is 0 Å². The Morgan fingerprint density at radius 2 is 2.12 bits per heavy atom. The predicted molar refractivity (Wildman–Crippen MR) is 70.3 cm³/mol. The van der Waals surface area contributed by atoms with Crippen LogP contribution >= 0.6 is 0 Å². The Kier molecular flexibility index (Phi) is 3.94. The molecular weight excluding hydrogens is 212 g/mol. The van der Waals surface area contributed by atoms with E-state index in [1.165, 1.54) is 10.9 Å². The smallest absolute Gasteiger partial charge is 0.122 e. The molecule has 0 spiro atoms. The van der Waals surface area contributed by atoms with Crippen molar-refractivity contribution in [2.75, 3.05) is 13.7 Å². The first-order valence-electron chi connectivity index (χ1n) is 5.96. The first-order valence-corrected chi connectivity index (χ1v) is 5.96. The number of nitrogens with two attached hydrogens (primary N) is 1. The highest BCUT2D eigenvalue weighted by molar-refractivity contribution is 5.86. The lowest BCUT2D eigenvalue weighted by Gasteiger charge is -2.11. The van der Waals surface area contributed by atoms with Gasteiger partial charge in [0, 0.05) is 23.3 Å². The molecule has 0 atom stereocenters. The molecule has 3 nitrogen and oxygen atoms in total. The minimum absolute atomic E-state index is 0.745. The van der Waals surface area contributed by atoms with Crippen molar-refractivity contribution in [3.63, 3.8) is 0 Å². The number of aromatic nitrogens is 1. The maximum absolute atomic E-state index is 5.53. The summed E-state index contributed by atoms with van der Waals surface area (Å²) in [4.78, 5) is 4.15. The fraction of sp³-hybridized carbons (Fsp3) is 0.357. The molecule has 0 radical (unpaired) electrons. The number of hydrogen-bond donors (Lipinski definition) is 1. The SMILES string of the molecule is COc1ccc2cnccc2c1CCCCN. The lowest BCUT2D eigenvalue weighted by atomic mass is 10.0. The standard InChI is InChI=1S/C14H18N2O/c1-17-14-6-5-11-10-16-9-7-12(11)13(14)4-2-3-8-15/h5-7,9-10H,2-4,8,15H2,1H3. The van der Waals surface area contributed by atoms with Gasteiger partial charge >= 0.3 is 0 Å². The molecule has 0 aliphatic rings. The average Bonchev–Trinajstić information content (AvgIpc) is 2.39. The molecule has 3 heteroatoms. The summed E-state index contributed by atoms with van der Waals surface area (Å²) in [6, 6.07) is 6.12. The van der Waals surface area contributed by atoms with Crippen molar-refractivity contribution >= 4 is 10.8 Å². The number of ether oxygens (including phenoxy) is 1. The van der Waals surface area contributed by atoms with E-state index in [0.29, 0.717) is 0 Å². The largest absolute Gasteiger partial charge is 0.496 e. The van der Waals surface area contributed by atoms with Crippen molar-refractivity contribution in [2.24, 2.45) is 5.73 Å². The Bertz CT molecular complexity index is 497. The zero-order valence-electron chi connectivity index (χ0n) is 10.1. The number of fused-ring (bicyclic) bond motifs is 1. The van der Waals surface area contributed by atoms with Crippen LogP contribution < -0.4 is 10.5 Å². The van der Waals surface area contributed by atoms with Gasteiger partial charge in [-0.3, -0.25) is 4.98 Å². The number of benzene rings is 1. The molecule has 0 fully saturated rings. The van der Waals surface area contributed by atoms with Crippen molar-refractivity contribution in [3.05, 3.63) is 36.2 Å². The summed E-state index contributed by atoms with van der Waals surface area (Å²) in [5.41, 5.74) is 6.80. The molecule has 0 aliphatic heterocycles. The van der Waals surface area contributed by atoms with Gasteiger partial charge in [0.1, 0.15) is 5.75 Å². The van der Waals surface area contributed by atoms with Gasteiger partial charge in [-0.2, -0.15) is 0 Å². The van der Waals surface area contributed by atoms with E-state index in [9.17, 15) is 0 Å². The molecule has 0 saturated heterocycles. The lowest BCUT2D eigenvalue weighted by Crippen LogP contribution is -2.00. The molecule has 2 aromatic rings. The molecule has 17 heavy (non-hydrogen) atoms. The molecule has 1 aromatic carbocycles. The van der Waals surface area contributed by atoms with Gasteiger partial charge in [0.25, 0.3) is 0 Å². The molecule has 0 unspecified atom stereocenters. The monoisotopic (exact) mass is 230 g/mol. The minimum Gasteiger partial charge on any atom is -0.496 e. The first-order chi connectivity index (χ1) is 8.36. The average molecular weight is 230 g/mol. The molecule has 0 bridgehead atoms. The molecular formula is C14H18N2O. The van der Waals surface area contributed by atoms with Gasteiger partial charge in [-0.05, 0) is 49.4 Å². The van der Waals surface area contributed by atoms with Crippen molar-refractivity contribution < 1.29 is 4.74 Å². The van der Waals surface area contributed by atoms with Gasteiger partial charge < -0.3 is 10.5 Å². The quantitative estimate of drug-likeness (QED) is 0.803. The number of rotatable bonds is 5. The third-order valence-electron chi connectivity index (χ3n) is 2.99. The molecule has 90 valence electrons. The predicted octanol–water partition coefficient (Wildman–Crippen LogP) is 2.52. The first kappa shape index (κ1) is 11.9. The van der Waals surface area contributed by atoms with E-state index in [1.807, 2.05) is 24.5 Å². The number of hydrogen-bond acceptors (Lipinski definition) is 3. The zero-order valence-corrected chi connectivity index (χ0v) is 10.1. The van der Waals surface area contributed by atoms with E-state index in [0.717, 1.165) is 36.9 Å². The summed E-state index contributed by atoms with van der Waals surface area (Å²) in [5.74, 6) is 0.959. The van der Waals surface area contributed by atoms with Gasteiger partial charge in [0.2, 0.25) is 0 Å². The van der Waals surface area contributed by atoms with Crippen LogP contribution in [-0.2, 0) is 6.42 Å². The maximum Gasteiger partial charge on any atom is 0.122 e. The van der Waals surface area contributed by atoms with Crippen LogP contribution in [0.1, 0.15) is 18.4 Å². The van der Waals surface area contributed by atoms with Crippen LogP contribution in [0.15, 0.2) is 30.6 Å². The van der Waals surface area contributed by atoms with Crippen LogP contribution in [0.2, 0.25) is 0 Å². The second-order valence-corrected chi connectivity index (χ2v) is 4.09. The number of nitrogens with zero attached hydrogens (tertiary/aromatic N) is 1. The Morgan fingerprint density at radius 1 is 1.24 bits per heavy atom. The van der Waals surface area contributed by atoms with Gasteiger partial charge in [-0.25, -0.2) is 0 Å². The maximum atomic E-state index is 5.53. The summed E-state index contributed by atoms with van der Waals surface area (Å²) < 4.78 is 5.43. The summed E-state index contributed by atoms with van der Waals surface area (Å²) in [7, 11) is 1.72. The molecule has 2 N–H and O–H groups in total. The van der Waals surface area contributed by atoms with E-state index < -0.39 is 0 Å². The highest BCUT2D eigenvalue weighted by atomic mass is 16.5. The highest BCUT2D eigenvalue weighted by Gasteiger charge is 2.07. The Balaban J connectivity index is 2.40. The van der Waals surface area contributed by atoms with Crippen LogP contribution in [0.5, 0.6) is 5.75 Å². The van der Waals surface area contributed by atoms with Crippen LogP contribution in [-0.4, -0.2) is 18.6 Å². The van der Waals surface area contributed by atoms with Gasteiger partial charge in [-0.1, -0.05) is 0 Å². The summed E-state index contributed by atoms with van der Waals surface area (Å²) in [6.07, 6.45) is 6.86. The van der Waals surface area contributed by atoms with Gasteiger partial charge in [0.15, 0.2) is 0 Å². The number of aryl methyl sites for hydroxylation is 1. The number of methoxy groups -OCH3 is 1. The van der Waals surface area contributed by atoms with Gasteiger partial charge in [0.05, 0.1) is 7.11 Å². The molecule has 1 heterocycles. The minimum atomic E-state index is 0.745. The zero-order chi connectivity index (χ0) is 12.1. The van der Waals surface area contributed by atoms with Crippen LogP contribution in [0.3, 0.4) is 0 Å². The molecule has 0 aliphatic carbocycles. The van der Waals surface area contributed by atoms with E-state index in [2.05, 4.69) is 11.1 Å². The second kappa shape index (κ2) is 5.64. The van der Waals surface area contributed by atoms with Crippen molar-refractivity contribution in [1.82, 2.24) is 4.98 Å². The Morgan fingerprint density at radius 3 is 2.88 bits per heavy atom. The molecule has 0 amide bonds. The summed E-state index contributed by atoms with van der Waals surface area (Å²) in [6.45, 7) is 0.745. The van der Waals surface area contributed by atoms with Crippen molar-refractivity contribution in [2.45, 2.75) is 19.3 Å². The topological polar surface area (TPSA) is 48.1 Å². The summed E-state index contributed by atoms with van der Waals surface area (Å²) >= 11 is 0. The fourth-order valence-electron chi connectivity index (χ4n) is 2.11. The van der Waals surface area contributed by atoms with E-state index in [1.54, 1.807) is 7.11 Å². The molecule has 1 aromatic heterocycles. The van der Waals surface area contributed by atoms with E-state index in [-0.39, 0.29) is 0 Å². The third-order valence-corrected chi connectivity index (χ3v) is 2.99. The van der Waals surface area contributed by atoms with Crippen LogP contribution in [0.25, 0.3) is 10.8 Å². The van der Waals surface area contributed by atoms with Crippen LogP contribution in [0.4, 0.5) is 0 Å².